The van der Waals surface area contributed by atoms with Crippen molar-refractivity contribution in [2.75, 3.05) is 23.7 Å². The Morgan fingerprint density at radius 2 is 2.00 bits per heavy atom. The van der Waals surface area contributed by atoms with Crippen LogP contribution in [0.4, 0.5) is 11.6 Å². The number of nitrogens with two attached hydrogens (primary N) is 1. The monoisotopic (exact) mass is 263 g/mol. The highest BCUT2D eigenvalue weighted by Crippen LogP contribution is 2.26. The Hall–Kier alpha value is -1.36. The van der Waals surface area contributed by atoms with Crippen LogP contribution in [0, 0.1) is 12.8 Å². The Bertz CT molecular complexity index is 401. The number of aromatic nitrogens is 2. The van der Waals surface area contributed by atoms with Crippen LogP contribution < -0.4 is 16.4 Å². The number of aryl methyl sites for hydroxylation is 1. The molecule has 0 saturated heterocycles. The van der Waals surface area contributed by atoms with Gasteiger partial charge in [0.2, 0.25) is 0 Å². The van der Waals surface area contributed by atoms with Crippen molar-refractivity contribution in [2.24, 2.45) is 11.7 Å². The molecule has 0 aliphatic heterocycles. The third kappa shape index (κ3) is 4.67. The first kappa shape index (κ1) is 14.1. The van der Waals surface area contributed by atoms with Gasteiger partial charge in [-0.3, -0.25) is 0 Å². The van der Waals surface area contributed by atoms with Crippen molar-refractivity contribution in [3.05, 3.63) is 11.9 Å². The Morgan fingerprint density at radius 3 is 2.58 bits per heavy atom. The van der Waals surface area contributed by atoms with Crippen molar-refractivity contribution in [3.63, 3.8) is 0 Å². The Kier molecular flexibility index (Phi) is 4.96. The minimum Gasteiger partial charge on any atom is -0.370 e. The standard InChI is InChI=1S/C14H25N5/c1-10(15)6-7-16-13-8-14(19-11(2)18-13)17-9-12-4-3-5-12/h8,10,12H,3-7,9,15H2,1-2H3,(H2,16,17,18,19). The van der Waals surface area contributed by atoms with Gasteiger partial charge in [0.05, 0.1) is 0 Å². The molecule has 1 fully saturated rings. The molecule has 1 atom stereocenters. The van der Waals surface area contributed by atoms with Gasteiger partial charge in [0.1, 0.15) is 17.5 Å². The number of anilines is 2. The first-order chi connectivity index (χ1) is 9.13. The Morgan fingerprint density at radius 1 is 1.32 bits per heavy atom. The van der Waals surface area contributed by atoms with E-state index in [1.807, 2.05) is 19.9 Å². The number of hydrogen-bond acceptors (Lipinski definition) is 5. The van der Waals surface area contributed by atoms with Crippen molar-refractivity contribution < 1.29 is 0 Å². The highest BCUT2D eigenvalue weighted by atomic mass is 15.1. The fraction of sp³-hybridized carbons (Fsp3) is 0.714. The van der Waals surface area contributed by atoms with Crippen LogP contribution in [0.2, 0.25) is 0 Å². The van der Waals surface area contributed by atoms with Crippen LogP contribution in [0.3, 0.4) is 0 Å². The van der Waals surface area contributed by atoms with Crippen LogP contribution >= 0.6 is 0 Å². The van der Waals surface area contributed by atoms with Gasteiger partial charge in [-0.05, 0) is 39.0 Å². The topological polar surface area (TPSA) is 75.9 Å². The lowest BCUT2D eigenvalue weighted by atomic mass is 9.85. The molecule has 4 N–H and O–H groups in total. The predicted molar refractivity (Wildman–Crippen MR) is 79.4 cm³/mol. The average Bonchev–Trinajstić information content (AvgIpc) is 2.25. The van der Waals surface area contributed by atoms with Gasteiger partial charge >= 0.3 is 0 Å². The third-order valence-electron chi connectivity index (χ3n) is 3.54. The van der Waals surface area contributed by atoms with Gasteiger partial charge in [0.15, 0.2) is 0 Å². The van der Waals surface area contributed by atoms with Gasteiger partial charge < -0.3 is 16.4 Å². The number of nitrogens with zero attached hydrogens (tertiary/aromatic N) is 2. The lowest BCUT2D eigenvalue weighted by Gasteiger charge is -2.25. The molecule has 1 aromatic rings. The lowest BCUT2D eigenvalue weighted by molar-refractivity contribution is 0.333. The molecule has 2 rings (SSSR count). The zero-order chi connectivity index (χ0) is 13.7. The van der Waals surface area contributed by atoms with Crippen LogP contribution in [0.1, 0.15) is 38.4 Å². The largest absolute Gasteiger partial charge is 0.370 e. The highest BCUT2D eigenvalue weighted by molar-refractivity contribution is 5.47. The maximum atomic E-state index is 5.73. The van der Waals surface area contributed by atoms with Crippen LogP contribution in [0.25, 0.3) is 0 Å². The molecule has 5 nitrogen and oxygen atoms in total. The van der Waals surface area contributed by atoms with Crippen LogP contribution in [0.5, 0.6) is 0 Å². The molecule has 1 unspecified atom stereocenters. The summed E-state index contributed by atoms with van der Waals surface area (Å²) in [7, 11) is 0. The maximum Gasteiger partial charge on any atom is 0.131 e. The van der Waals surface area contributed by atoms with Gasteiger partial charge in [0.25, 0.3) is 0 Å². The molecular weight excluding hydrogens is 238 g/mol. The quantitative estimate of drug-likeness (QED) is 0.702. The minimum absolute atomic E-state index is 0.214. The van der Waals surface area contributed by atoms with E-state index < -0.39 is 0 Å². The van der Waals surface area contributed by atoms with Crippen molar-refractivity contribution >= 4 is 11.6 Å². The summed E-state index contributed by atoms with van der Waals surface area (Å²) in [6, 6.07) is 2.19. The molecule has 19 heavy (non-hydrogen) atoms. The van der Waals surface area contributed by atoms with Crippen molar-refractivity contribution in [2.45, 2.75) is 45.6 Å². The van der Waals surface area contributed by atoms with Crippen LogP contribution in [-0.4, -0.2) is 29.1 Å². The summed E-state index contributed by atoms with van der Waals surface area (Å²) in [5, 5.41) is 6.71. The molecule has 0 spiro atoms. The molecule has 0 aromatic carbocycles. The zero-order valence-corrected chi connectivity index (χ0v) is 11.9. The SMILES string of the molecule is Cc1nc(NCCC(C)N)cc(NCC2CCC2)n1. The minimum atomic E-state index is 0.214. The summed E-state index contributed by atoms with van der Waals surface area (Å²) in [6.45, 7) is 5.80. The number of nitrogens with one attached hydrogen (secondary N) is 2. The fourth-order valence-electron chi connectivity index (χ4n) is 2.12. The van der Waals surface area contributed by atoms with E-state index in [0.29, 0.717) is 0 Å². The van der Waals surface area contributed by atoms with Crippen molar-refractivity contribution in [1.82, 2.24) is 9.97 Å². The highest BCUT2D eigenvalue weighted by Gasteiger charge is 2.17. The molecule has 1 aliphatic carbocycles. The van der Waals surface area contributed by atoms with E-state index in [0.717, 1.165) is 42.9 Å². The van der Waals surface area contributed by atoms with Crippen LogP contribution in [0.15, 0.2) is 6.07 Å². The van der Waals surface area contributed by atoms with Gasteiger partial charge in [-0.15, -0.1) is 0 Å². The molecule has 106 valence electrons. The second kappa shape index (κ2) is 6.70. The summed E-state index contributed by atoms with van der Waals surface area (Å²) < 4.78 is 0. The van der Waals surface area contributed by atoms with Gasteiger partial charge in [0, 0.05) is 25.2 Å². The fourth-order valence-corrected chi connectivity index (χ4v) is 2.12. The first-order valence-corrected chi connectivity index (χ1v) is 7.22. The number of rotatable bonds is 7. The van der Waals surface area contributed by atoms with Gasteiger partial charge in [-0.1, -0.05) is 6.42 Å². The van der Waals surface area contributed by atoms with Gasteiger partial charge in [-0.25, -0.2) is 9.97 Å². The van der Waals surface area contributed by atoms with E-state index in [-0.39, 0.29) is 6.04 Å². The summed E-state index contributed by atoms with van der Waals surface area (Å²) in [6.07, 6.45) is 5.00. The van der Waals surface area contributed by atoms with E-state index in [4.69, 9.17) is 5.73 Å². The zero-order valence-electron chi connectivity index (χ0n) is 11.9. The molecule has 0 amide bonds. The van der Waals surface area contributed by atoms with E-state index >= 15 is 0 Å². The molecular formula is C14H25N5. The van der Waals surface area contributed by atoms with Gasteiger partial charge in [-0.2, -0.15) is 0 Å². The van der Waals surface area contributed by atoms with E-state index in [1.165, 1.54) is 19.3 Å². The molecule has 0 bridgehead atoms. The molecule has 1 heterocycles. The van der Waals surface area contributed by atoms with E-state index in [2.05, 4.69) is 20.6 Å². The van der Waals surface area contributed by atoms with E-state index in [9.17, 15) is 0 Å². The normalized spacial score (nSPS) is 16.8. The lowest BCUT2D eigenvalue weighted by Crippen LogP contribution is -2.22. The third-order valence-corrected chi connectivity index (χ3v) is 3.54. The molecule has 5 heteroatoms. The molecule has 1 aliphatic rings. The average molecular weight is 263 g/mol. The second-order valence-electron chi connectivity index (χ2n) is 5.56. The van der Waals surface area contributed by atoms with Crippen molar-refractivity contribution in [1.29, 1.82) is 0 Å². The maximum absolute atomic E-state index is 5.73. The second-order valence-corrected chi connectivity index (χ2v) is 5.56. The molecule has 1 aromatic heterocycles. The Labute approximate surface area is 115 Å². The predicted octanol–water partition coefficient (Wildman–Crippen LogP) is 2.15. The summed E-state index contributed by atoms with van der Waals surface area (Å²) in [4.78, 5) is 8.81. The molecule has 1 saturated carbocycles. The van der Waals surface area contributed by atoms with Crippen molar-refractivity contribution in [3.8, 4) is 0 Å². The summed E-state index contributed by atoms with van der Waals surface area (Å²) >= 11 is 0. The first-order valence-electron chi connectivity index (χ1n) is 7.22. The Balaban J connectivity index is 1.86. The van der Waals surface area contributed by atoms with Crippen LogP contribution in [-0.2, 0) is 0 Å². The smallest absolute Gasteiger partial charge is 0.131 e. The summed E-state index contributed by atoms with van der Waals surface area (Å²) in [5.74, 6) is 3.42. The molecule has 0 radical (unpaired) electrons. The number of hydrogen-bond donors (Lipinski definition) is 3. The van der Waals surface area contributed by atoms with E-state index in [1.54, 1.807) is 0 Å². The summed E-state index contributed by atoms with van der Waals surface area (Å²) in [5.41, 5.74) is 5.73.